The fourth-order valence-corrected chi connectivity index (χ4v) is 3.54. The number of unbranched alkanes of at least 4 members (excludes halogenated alkanes) is 9. The zero-order valence-corrected chi connectivity index (χ0v) is 22.3. The molecule has 0 amide bonds. The van der Waals surface area contributed by atoms with Crippen LogP contribution in [-0.2, 0) is 23.4 Å². The van der Waals surface area contributed by atoms with Crippen LogP contribution in [0, 0.1) is 5.92 Å². The molecule has 0 aromatic rings. The Morgan fingerprint density at radius 3 is 1.90 bits per heavy atom. The molecule has 0 saturated carbocycles. The minimum absolute atomic E-state index is 0. The minimum atomic E-state index is -4.70. The van der Waals surface area contributed by atoms with E-state index in [-0.39, 0.29) is 67.9 Å². The molecular weight excluding hydrogens is 418 g/mol. The van der Waals surface area contributed by atoms with Crippen LogP contribution in [0.15, 0.2) is 0 Å². The molecule has 0 fully saturated rings. The van der Waals surface area contributed by atoms with Gasteiger partial charge in [0.25, 0.3) is 7.82 Å². The summed E-state index contributed by atoms with van der Waals surface area (Å²) >= 11 is 0. The van der Waals surface area contributed by atoms with Crippen LogP contribution in [0.4, 0.5) is 0 Å². The SMILES string of the molecule is CCCCCCCCCCCCC(CCC)C(=O)OCCOCCOP(=O)([O-])O.[Na+]. The van der Waals surface area contributed by atoms with Crippen LogP contribution in [0.1, 0.15) is 97.3 Å². The second-order valence-electron chi connectivity index (χ2n) is 7.54. The quantitative estimate of drug-likeness (QED) is 0.120. The summed E-state index contributed by atoms with van der Waals surface area (Å²) in [5, 5.41) is 0. The van der Waals surface area contributed by atoms with Crippen LogP contribution in [0.3, 0.4) is 0 Å². The van der Waals surface area contributed by atoms with E-state index in [2.05, 4.69) is 18.4 Å². The van der Waals surface area contributed by atoms with Gasteiger partial charge in [-0.05, 0) is 12.8 Å². The molecule has 0 aliphatic carbocycles. The van der Waals surface area contributed by atoms with Crippen LogP contribution < -0.4 is 34.5 Å². The van der Waals surface area contributed by atoms with Crippen molar-refractivity contribution in [2.24, 2.45) is 5.92 Å². The van der Waals surface area contributed by atoms with E-state index in [1.54, 1.807) is 0 Å². The molecule has 0 rings (SSSR count). The topological polar surface area (TPSA) is 105 Å². The van der Waals surface area contributed by atoms with E-state index < -0.39 is 7.82 Å². The Kier molecular flexibility index (Phi) is 24.8. The smallest absolute Gasteiger partial charge is 0.756 e. The molecule has 7 nitrogen and oxygen atoms in total. The number of phosphoric ester groups is 1. The average molecular weight is 461 g/mol. The van der Waals surface area contributed by atoms with Crippen molar-refractivity contribution in [1.82, 2.24) is 0 Å². The van der Waals surface area contributed by atoms with Crippen molar-refractivity contribution in [2.75, 3.05) is 26.4 Å². The fourth-order valence-electron chi connectivity index (χ4n) is 3.24. The molecule has 174 valence electrons. The predicted molar refractivity (Wildman–Crippen MR) is 112 cm³/mol. The third-order valence-electron chi connectivity index (χ3n) is 4.83. The van der Waals surface area contributed by atoms with Gasteiger partial charge in [-0.15, -0.1) is 0 Å². The standard InChI is InChI=1S/C21H43O7P.Na/c1-3-5-6-7-8-9-10-11-12-13-15-20(14-4-2)21(22)27-18-16-26-17-19-28-29(23,24)25;/h20H,3-19H2,1-2H3,(H2,23,24,25);/q;+1/p-1. The molecule has 0 aromatic carbocycles. The average Bonchev–Trinajstić information content (AvgIpc) is 2.66. The van der Waals surface area contributed by atoms with Crippen molar-refractivity contribution in [2.45, 2.75) is 97.3 Å². The Morgan fingerprint density at radius 1 is 0.833 bits per heavy atom. The van der Waals surface area contributed by atoms with Crippen molar-refractivity contribution in [3.8, 4) is 0 Å². The first-order valence-corrected chi connectivity index (χ1v) is 12.8. The maximum atomic E-state index is 12.2. The number of phosphoric acid groups is 1. The van der Waals surface area contributed by atoms with Gasteiger partial charge in [0.2, 0.25) is 0 Å². The van der Waals surface area contributed by atoms with Crippen molar-refractivity contribution < 1.29 is 62.7 Å². The monoisotopic (exact) mass is 460 g/mol. The van der Waals surface area contributed by atoms with E-state index in [1.807, 2.05) is 0 Å². The van der Waals surface area contributed by atoms with E-state index in [1.165, 1.54) is 57.8 Å². The third-order valence-corrected chi connectivity index (χ3v) is 5.34. The molecule has 0 aliphatic rings. The molecule has 0 spiro atoms. The fraction of sp³-hybridized carbons (Fsp3) is 0.952. The van der Waals surface area contributed by atoms with Crippen molar-refractivity contribution in [3.63, 3.8) is 0 Å². The van der Waals surface area contributed by atoms with Gasteiger partial charge in [0.1, 0.15) is 6.61 Å². The number of rotatable bonds is 21. The summed E-state index contributed by atoms with van der Waals surface area (Å²) in [5.41, 5.74) is 0. The maximum absolute atomic E-state index is 12.2. The normalized spacial score (nSPS) is 14.0. The Labute approximate surface area is 205 Å². The summed E-state index contributed by atoms with van der Waals surface area (Å²) in [6, 6.07) is 0. The van der Waals surface area contributed by atoms with Crippen LogP contribution in [0.2, 0.25) is 0 Å². The van der Waals surface area contributed by atoms with Crippen molar-refractivity contribution >= 4 is 13.8 Å². The number of carbonyl (C=O) groups excluding carboxylic acids is 1. The minimum Gasteiger partial charge on any atom is -0.756 e. The van der Waals surface area contributed by atoms with E-state index in [0.717, 1.165) is 25.7 Å². The molecule has 0 saturated heterocycles. The molecular formula is C21H42NaO7P. The first kappa shape index (κ1) is 32.7. The molecule has 1 N–H and O–H groups in total. The summed E-state index contributed by atoms with van der Waals surface area (Å²) in [5.74, 6) is -0.236. The predicted octanol–water partition coefficient (Wildman–Crippen LogP) is 1.75. The van der Waals surface area contributed by atoms with E-state index >= 15 is 0 Å². The molecule has 0 radical (unpaired) electrons. The van der Waals surface area contributed by atoms with Gasteiger partial charge >= 0.3 is 35.5 Å². The summed E-state index contributed by atoms with van der Waals surface area (Å²) in [6.07, 6.45) is 15.4. The molecule has 9 heteroatoms. The van der Waals surface area contributed by atoms with Gasteiger partial charge in [-0.25, -0.2) is 0 Å². The molecule has 0 bridgehead atoms. The Hall–Kier alpha value is 0.540. The number of carbonyl (C=O) groups is 1. The van der Waals surface area contributed by atoms with Crippen LogP contribution in [0.25, 0.3) is 0 Å². The van der Waals surface area contributed by atoms with Crippen LogP contribution in [0.5, 0.6) is 0 Å². The van der Waals surface area contributed by atoms with E-state index in [9.17, 15) is 14.3 Å². The molecule has 2 unspecified atom stereocenters. The van der Waals surface area contributed by atoms with Gasteiger partial charge in [-0.2, -0.15) is 0 Å². The first-order chi connectivity index (χ1) is 13.9. The number of hydrogen-bond acceptors (Lipinski definition) is 6. The second kappa shape index (κ2) is 22.7. The molecule has 0 aliphatic heterocycles. The van der Waals surface area contributed by atoms with Crippen molar-refractivity contribution in [1.29, 1.82) is 0 Å². The first-order valence-electron chi connectivity index (χ1n) is 11.3. The van der Waals surface area contributed by atoms with Gasteiger partial charge in [-0.3, -0.25) is 9.36 Å². The van der Waals surface area contributed by atoms with Gasteiger partial charge in [0, 0.05) is 0 Å². The van der Waals surface area contributed by atoms with Gasteiger partial charge in [-0.1, -0.05) is 84.5 Å². The zero-order valence-electron chi connectivity index (χ0n) is 19.4. The Balaban J connectivity index is 0. The molecule has 2 atom stereocenters. The summed E-state index contributed by atoms with van der Waals surface area (Å²) < 4.78 is 24.9. The largest absolute Gasteiger partial charge is 1.00 e. The molecule has 0 aromatic heterocycles. The third kappa shape index (κ3) is 23.2. The maximum Gasteiger partial charge on any atom is 1.00 e. The number of hydrogen-bond donors (Lipinski definition) is 1. The molecule has 0 heterocycles. The van der Waals surface area contributed by atoms with Crippen molar-refractivity contribution in [3.05, 3.63) is 0 Å². The van der Waals surface area contributed by atoms with Crippen LogP contribution >= 0.6 is 7.82 Å². The van der Waals surface area contributed by atoms with Gasteiger partial charge < -0.3 is 23.8 Å². The molecule has 30 heavy (non-hydrogen) atoms. The second-order valence-corrected chi connectivity index (χ2v) is 8.73. The van der Waals surface area contributed by atoms with Crippen LogP contribution in [-0.4, -0.2) is 37.3 Å². The number of esters is 1. The van der Waals surface area contributed by atoms with E-state index in [4.69, 9.17) is 14.4 Å². The van der Waals surface area contributed by atoms with E-state index in [0.29, 0.717) is 0 Å². The Bertz CT molecular complexity index is 432. The van der Waals surface area contributed by atoms with Gasteiger partial charge in [0.05, 0.1) is 25.7 Å². The number of ether oxygens (including phenoxy) is 2. The zero-order chi connectivity index (χ0) is 21.8. The summed E-state index contributed by atoms with van der Waals surface area (Å²) in [6.45, 7) is 4.34. The van der Waals surface area contributed by atoms with Gasteiger partial charge in [0.15, 0.2) is 0 Å². The summed E-state index contributed by atoms with van der Waals surface area (Å²) in [4.78, 5) is 31.0. The Morgan fingerprint density at radius 2 is 1.37 bits per heavy atom. The summed E-state index contributed by atoms with van der Waals surface area (Å²) in [7, 11) is -4.70.